The number of hydrogen-bond donors (Lipinski definition) is 1. The van der Waals surface area contributed by atoms with Crippen LogP contribution in [0.3, 0.4) is 0 Å². The minimum Gasteiger partial charge on any atom is -0.385 e. The SMILES string of the molecule is COCCCCCCNc1ccccc1C. The summed E-state index contributed by atoms with van der Waals surface area (Å²) in [6, 6.07) is 8.43. The second-order valence-electron chi connectivity index (χ2n) is 4.15. The average molecular weight is 221 g/mol. The number of para-hydroxylation sites is 1. The third kappa shape index (κ3) is 5.17. The maximum absolute atomic E-state index is 5.02. The van der Waals surface area contributed by atoms with Gasteiger partial charge in [0.15, 0.2) is 0 Å². The van der Waals surface area contributed by atoms with Crippen LogP contribution in [0.4, 0.5) is 5.69 Å². The Bertz CT molecular complexity index is 286. The largest absolute Gasteiger partial charge is 0.385 e. The molecule has 0 aromatic heterocycles. The van der Waals surface area contributed by atoms with E-state index in [0.717, 1.165) is 13.2 Å². The summed E-state index contributed by atoms with van der Waals surface area (Å²) in [5.74, 6) is 0. The van der Waals surface area contributed by atoms with Gasteiger partial charge in [-0.15, -0.1) is 0 Å². The van der Waals surface area contributed by atoms with Crippen molar-refractivity contribution in [2.45, 2.75) is 32.6 Å². The van der Waals surface area contributed by atoms with Crippen LogP contribution < -0.4 is 5.32 Å². The summed E-state index contributed by atoms with van der Waals surface area (Å²) in [5, 5.41) is 3.47. The van der Waals surface area contributed by atoms with Gasteiger partial charge in [-0.3, -0.25) is 0 Å². The van der Waals surface area contributed by atoms with Crippen molar-refractivity contribution in [2.24, 2.45) is 0 Å². The zero-order chi connectivity index (χ0) is 11.6. The standard InChI is InChI=1S/C14H23NO/c1-13-9-5-6-10-14(13)15-11-7-3-4-8-12-16-2/h5-6,9-10,15H,3-4,7-8,11-12H2,1-2H3. The summed E-state index contributed by atoms with van der Waals surface area (Å²) < 4.78 is 5.02. The van der Waals surface area contributed by atoms with Crippen LogP contribution in [0.5, 0.6) is 0 Å². The lowest BCUT2D eigenvalue weighted by molar-refractivity contribution is 0.192. The molecule has 0 amide bonds. The van der Waals surface area contributed by atoms with Crippen molar-refractivity contribution in [2.75, 3.05) is 25.6 Å². The summed E-state index contributed by atoms with van der Waals surface area (Å²) in [6.45, 7) is 4.10. The minimum absolute atomic E-state index is 0.894. The zero-order valence-corrected chi connectivity index (χ0v) is 10.5. The van der Waals surface area contributed by atoms with Gasteiger partial charge in [0.2, 0.25) is 0 Å². The summed E-state index contributed by atoms with van der Waals surface area (Å²) >= 11 is 0. The molecule has 0 bridgehead atoms. The zero-order valence-electron chi connectivity index (χ0n) is 10.5. The second kappa shape index (κ2) is 8.17. The summed E-state index contributed by atoms with van der Waals surface area (Å²) in [5.41, 5.74) is 2.58. The van der Waals surface area contributed by atoms with E-state index in [-0.39, 0.29) is 0 Å². The van der Waals surface area contributed by atoms with Gasteiger partial charge in [-0.25, -0.2) is 0 Å². The molecule has 0 spiro atoms. The Morgan fingerprint density at radius 1 is 1.06 bits per heavy atom. The van der Waals surface area contributed by atoms with Crippen LogP contribution in [0.2, 0.25) is 0 Å². The minimum atomic E-state index is 0.894. The molecule has 1 N–H and O–H groups in total. The molecular formula is C14H23NO. The Kier molecular flexibility index (Phi) is 6.66. The molecule has 2 heteroatoms. The molecule has 0 atom stereocenters. The number of methoxy groups -OCH3 is 1. The van der Waals surface area contributed by atoms with Crippen molar-refractivity contribution < 1.29 is 4.74 Å². The number of unbranched alkanes of at least 4 members (excludes halogenated alkanes) is 3. The molecule has 1 aromatic rings. The van der Waals surface area contributed by atoms with E-state index in [1.54, 1.807) is 7.11 Å². The molecule has 0 aliphatic rings. The van der Waals surface area contributed by atoms with Crippen molar-refractivity contribution in [3.05, 3.63) is 29.8 Å². The van der Waals surface area contributed by atoms with E-state index in [1.807, 2.05) is 0 Å². The molecular weight excluding hydrogens is 198 g/mol. The van der Waals surface area contributed by atoms with Crippen LogP contribution >= 0.6 is 0 Å². The molecule has 1 aromatic carbocycles. The van der Waals surface area contributed by atoms with Crippen LogP contribution in [0.25, 0.3) is 0 Å². The van der Waals surface area contributed by atoms with Crippen LogP contribution in [0, 0.1) is 6.92 Å². The molecule has 2 nitrogen and oxygen atoms in total. The highest BCUT2D eigenvalue weighted by atomic mass is 16.5. The van der Waals surface area contributed by atoms with Crippen LogP contribution in [0.15, 0.2) is 24.3 Å². The first-order chi connectivity index (χ1) is 7.84. The summed E-state index contributed by atoms with van der Waals surface area (Å²) in [6.07, 6.45) is 4.96. The predicted molar refractivity (Wildman–Crippen MR) is 70.0 cm³/mol. The monoisotopic (exact) mass is 221 g/mol. The number of benzene rings is 1. The van der Waals surface area contributed by atoms with Crippen LogP contribution in [-0.2, 0) is 4.74 Å². The van der Waals surface area contributed by atoms with Gasteiger partial charge in [0, 0.05) is 25.9 Å². The highest BCUT2D eigenvalue weighted by Crippen LogP contribution is 2.13. The highest BCUT2D eigenvalue weighted by molar-refractivity contribution is 5.49. The third-order valence-electron chi connectivity index (χ3n) is 2.74. The second-order valence-corrected chi connectivity index (χ2v) is 4.15. The molecule has 0 heterocycles. The predicted octanol–water partition coefficient (Wildman–Crippen LogP) is 3.61. The first-order valence-electron chi connectivity index (χ1n) is 6.13. The van der Waals surface area contributed by atoms with E-state index >= 15 is 0 Å². The van der Waals surface area contributed by atoms with E-state index in [1.165, 1.54) is 36.9 Å². The van der Waals surface area contributed by atoms with Gasteiger partial charge in [0.25, 0.3) is 0 Å². The normalized spacial score (nSPS) is 10.4. The van der Waals surface area contributed by atoms with Gasteiger partial charge >= 0.3 is 0 Å². The smallest absolute Gasteiger partial charge is 0.0462 e. The number of anilines is 1. The molecule has 0 saturated carbocycles. The van der Waals surface area contributed by atoms with Crippen molar-refractivity contribution >= 4 is 5.69 Å². The molecule has 0 radical (unpaired) electrons. The van der Waals surface area contributed by atoms with Crippen LogP contribution in [0.1, 0.15) is 31.2 Å². The molecule has 0 aliphatic carbocycles. The van der Waals surface area contributed by atoms with Crippen molar-refractivity contribution in [3.8, 4) is 0 Å². The lowest BCUT2D eigenvalue weighted by Gasteiger charge is -2.08. The van der Waals surface area contributed by atoms with Gasteiger partial charge in [-0.05, 0) is 31.4 Å². The Morgan fingerprint density at radius 3 is 2.56 bits per heavy atom. The van der Waals surface area contributed by atoms with E-state index in [9.17, 15) is 0 Å². The lowest BCUT2D eigenvalue weighted by Crippen LogP contribution is -2.02. The quantitative estimate of drug-likeness (QED) is 0.677. The Balaban J connectivity index is 2.05. The maximum atomic E-state index is 5.02. The van der Waals surface area contributed by atoms with E-state index in [0.29, 0.717) is 0 Å². The number of rotatable bonds is 8. The van der Waals surface area contributed by atoms with Gasteiger partial charge in [0.1, 0.15) is 0 Å². The first kappa shape index (κ1) is 13.0. The highest BCUT2D eigenvalue weighted by Gasteiger charge is 1.95. The van der Waals surface area contributed by atoms with E-state index in [2.05, 4.69) is 36.5 Å². The fourth-order valence-electron chi connectivity index (χ4n) is 1.72. The summed E-state index contributed by atoms with van der Waals surface area (Å²) in [4.78, 5) is 0. The Labute approximate surface area is 99.0 Å². The molecule has 90 valence electrons. The van der Waals surface area contributed by atoms with Gasteiger partial charge in [-0.2, -0.15) is 0 Å². The van der Waals surface area contributed by atoms with Gasteiger partial charge in [0.05, 0.1) is 0 Å². The van der Waals surface area contributed by atoms with Gasteiger partial charge in [-0.1, -0.05) is 31.0 Å². The van der Waals surface area contributed by atoms with E-state index < -0.39 is 0 Å². The van der Waals surface area contributed by atoms with Gasteiger partial charge < -0.3 is 10.1 Å². The molecule has 0 saturated heterocycles. The molecule has 16 heavy (non-hydrogen) atoms. The van der Waals surface area contributed by atoms with Crippen molar-refractivity contribution in [3.63, 3.8) is 0 Å². The number of nitrogens with one attached hydrogen (secondary N) is 1. The maximum Gasteiger partial charge on any atom is 0.0462 e. The molecule has 0 aliphatic heterocycles. The van der Waals surface area contributed by atoms with Crippen molar-refractivity contribution in [1.29, 1.82) is 0 Å². The Hall–Kier alpha value is -1.02. The number of aryl methyl sites for hydroxylation is 1. The topological polar surface area (TPSA) is 21.3 Å². The lowest BCUT2D eigenvalue weighted by atomic mass is 10.2. The van der Waals surface area contributed by atoms with Crippen molar-refractivity contribution in [1.82, 2.24) is 0 Å². The van der Waals surface area contributed by atoms with E-state index in [4.69, 9.17) is 4.74 Å². The third-order valence-corrected chi connectivity index (χ3v) is 2.74. The van der Waals surface area contributed by atoms with Crippen LogP contribution in [-0.4, -0.2) is 20.3 Å². The Morgan fingerprint density at radius 2 is 1.81 bits per heavy atom. The molecule has 1 rings (SSSR count). The number of ether oxygens (including phenoxy) is 1. The average Bonchev–Trinajstić information content (AvgIpc) is 2.30. The first-order valence-corrected chi connectivity index (χ1v) is 6.13. The fraction of sp³-hybridized carbons (Fsp3) is 0.571. The fourth-order valence-corrected chi connectivity index (χ4v) is 1.72. The molecule has 0 unspecified atom stereocenters. The summed E-state index contributed by atoms with van der Waals surface area (Å²) in [7, 11) is 1.76. The number of hydrogen-bond acceptors (Lipinski definition) is 2. The molecule has 0 fully saturated rings.